The third-order valence-corrected chi connectivity index (χ3v) is 9.57. The molecule has 0 unspecified atom stereocenters. The Morgan fingerprint density at radius 2 is 1.90 bits per heavy atom. The molecule has 1 aliphatic rings. The summed E-state index contributed by atoms with van der Waals surface area (Å²) in [7, 11) is -1.96. The molecule has 21 heavy (non-hydrogen) atoms. The lowest BCUT2D eigenvalue weighted by Gasteiger charge is -2.46. The van der Waals surface area contributed by atoms with Crippen LogP contribution in [0.25, 0.3) is 0 Å². The Labute approximate surface area is 128 Å². The molecule has 4 atom stereocenters. The fourth-order valence-electron chi connectivity index (χ4n) is 2.42. The van der Waals surface area contributed by atoms with Crippen molar-refractivity contribution < 1.29 is 19.1 Å². The molecule has 0 bridgehead atoms. The first-order valence-electron chi connectivity index (χ1n) is 7.54. The highest BCUT2D eigenvalue weighted by molar-refractivity contribution is 6.74. The zero-order valence-electron chi connectivity index (χ0n) is 14.2. The molecule has 2 N–H and O–H groups in total. The number of nitrogens with one attached hydrogen (secondary N) is 1. The average Bonchev–Trinajstić information content (AvgIpc) is 2.31. The predicted octanol–water partition coefficient (Wildman–Crippen LogP) is 1.71. The van der Waals surface area contributed by atoms with E-state index in [1.165, 1.54) is 0 Å². The molecule has 1 heterocycles. The summed E-state index contributed by atoms with van der Waals surface area (Å²) in [4.78, 5) is 23.5. The van der Waals surface area contributed by atoms with Crippen LogP contribution in [0.1, 0.15) is 34.6 Å². The van der Waals surface area contributed by atoms with E-state index in [1.54, 1.807) is 6.92 Å². The average molecular weight is 315 g/mol. The van der Waals surface area contributed by atoms with Gasteiger partial charge in [-0.15, -0.1) is 0 Å². The van der Waals surface area contributed by atoms with Crippen molar-refractivity contribution in [3.8, 4) is 0 Å². The van der Waals surface area contributed by atoms with Crippen molar-refractivity contribution in [3.63, 3.8) is 0 Å². The number of carbonyl (C=O) groups excluding carboxylic acids is 2. The van der Waals surface area contributed by atoms with E-state index in [0.29, 0.717) is 0 Å². The molecule has 1 saturated heterocycles. The zero-order chi connectivity index (χ0) is 16.6. The van der Waals surface area contributed by atoms with Gasteiger partial charge in [0.25, 0.3) is 0 Å². The second kappa shape index (κ2) is 6.18. The van der Waals surface area contributed by atoms with E-state index in [9.17, 15) is 9.59 Å². The van der Waals surface area contributed by atoms with E-state index < -0.39 is 14.9 Å². The lowest BCUT2D eigenvalue weighted by molar-refractivity contribution is -0.144. The normalized spacial score (nSPS) is 25.8. The standard InChI is InChI=1S/C15H29NO4Si/c1-9(11(18)8-17)13-12(14(19)16-13)10(2)20-21(6,7)15(3,4)5/h9-10,12-13,17H,8H2,1-7H3,(H,16,19)/t9-,10+,12+,13+/m0/s1. The van der Waals surface area contributed by atoms with Gasteiger partial charge in [-0.2, -0.15) is 0 Å². The number of carbonyl (C=O) groups is 2. The molecule has 0 radical (unpaired) electrons. The molecule has 1 amide bonds. The van der Waals surface area contributed by atoms with Gasteiger partial charge in [0, 0.05) is 5.92 Å². The van der Waals surface area contributed by atoms with Gasteiger partial charge in [0.2, 0.25) is 5.91 Å². The van der Waals surface area contributed by atoms with Crippen LogP contribution in [0.2, 0.25) is 18.1 Å². The number of amides is 1. The van der Waals surface area contributed by atoms with Gasteiger partial charge in [0.15, 0.2) is 14.1 Å². The molecular formula is C15H29NO4Si. The Hall–Kier alpha value is -0.723. The van der Waals surface area contributed by atoms with Crippen LogP contribution in [0.15, 0.2) is 0 Å². The van der Waals surface area contributed by atoms with Crippen LogP contribution in [0, 0.1) is 11.8 Å². The van der Waals surface area contributed by atoms with E-state index in [-0.39, 0.29) is 40.7 Å². The van der Waals surface area contributed by atoms with Crippen molar-refractivity contribution in [1.29, 1.82) is 0 Å². The van der Waals surface area contributed by atoms with Crippen molar-refractivity contribution in [2.75, 3.05) is 6.61 Å². The maximum Gasteiger partial charge on any atom is 0.228 e. The van der Waals surface area contributed by atoms with Crippen LogP contribution >= 0.6 is 0 Å². The van der Waals surface area contributed by atoms with E-state index in [2.05, 4.69) is 39.2 Å². The van der Waals surface area contributed by atoms with Gasteiger partial charge in [0.05, 0.1) is 18.1 Å². The highest BCUT2D eigenvalue weighted by Gasteiger charge is 2.50. The second-order valence-corrected chi connectivity index (χ2v) is 12.3. The van der Waals surface area contributed by atoms with E-state index in [0.717, 1.165) is 0 Å². The van der Waals surface area contributed by atoms with Gasteiger partial charge in [-0.3, -0.25) is 9.59 Å². The Balaban J connectivity index is 2.79. The maximum atomic E-state index is 11.9. The van der Waals surface area contributed by atoms with Gasteiger partial charge in [-0.1, -0.05) is 27.7 Å². The van der Waals surface area contributed by atoms with Crippen LogP contribution in [-0.2, 0) is 14.0 Å². The summed E-state index contributed by atoms with van der Waals surface area (Å²) in [5.74, 6) is -1.01. The first kappa shape index (κ1) is 18.3. The van der Waals surface area contributed by atoms with Gasteiger partial charge in [-0.05, 0) is 25.1 Å². The number of hydrogen-bond donors (Lipinski definition) is 2. The fourth-order valence-corrected chi connectivity index (χ4v) is 3.85. The van der Waals surface area contributed by atoms with Gasteiger partial charge < -0.3 is 14.8 Å². The molecular weight excluding hydrogens is 286 g/mol. The zero-order valence-corrected chi connectivity index (χ0v) is 15.2. The first-order valence-corrected chi connectivity index (χ1v) is 10.4. The Bertz CT molecular complexity index is 416. The van der Waals surface area contributed by atoms with Crippen molar-refractivity contribution in [2.24, 2.45) is 11.8 Å². The minimum absolute atomic E-state index is 0.0659. The largest absolute Gasteiger partial charge is 0.413 e. The summed E-state index contributed by atoms with van der Waals surface area (Å²) in [6, 6.07) is -0.239. The van der Waals surface area contributed by atoms with Crippen LogP contribution in [-0.4, -0.2) is 43.9 Å². The summed E-state index contributed by atoms with van der Waals surface area (Å²) in [5.41, 5.74) is 0. The SMILES string of the molecule is C[C@@H](O[Si](C)(C)C(C)(C)C)[C@H]1C(=O)N[C@@H]1[C@@H](C)C(=O)CO. The van der Waals surface area contributed by atoms with Crippen molar-refractivity contribution in [2.45, 2.75) is 64.9 Å². The highest BCUT2D eigenvalue weighted by atomic mass is 28.4. The number of aliphatic hydroxyl groups excluding tert-OH is 1. The number of ketones is 1. The number of hydrogen-bond acceptors (Lipinski definition) is 4. The van der Waals surface area contributed by atoms with Crippen LogP contribution in [0.4, 0.5) is 0 Å². The Kier molecular flexibility index (Phi) is 5.39. The second-order valence-electron chi connectivity index (χ2n) is 7.56. The molecule has 0 aromatic heterocycles. The Morgan fingerprint density at radius 3 is 2.29 bits per heavy atom. The topological polar surface area (TPSA) is 75.6 Å². The van der Waals surface area contributed by atoms with Gasteiger partial charge >= 0.3 is 0 Å². The fraction of sp³-hybridized carbons (Fsp3) is 0.867. The van der Waals surface area contributed by atoms with E-state index in [1.807, 2.05) is 6.92 Å². The first-order chi connectivity index (χ1) is 9.42. The van der Waals surface area contributed by atoms with Gasteiger partial charge in [0.1, 0.15) is 6.61 Å². The molecule has 0 saturated carbocycles. The summed E-state index contributed by atoms with van der Waals surface area (Å²) >= 11 is 0. The van der Waals surface area contributed by atoms with Crippen molar-refractivity contribution >= 4 is 20.0 Å². The molecule has 5 nitrogen and oxygen atoms in total. The van der Waals surface area contributed by atoms with E-state index in [4.69, 9.17) is 9.53 Å². The smallest absolute Gasteiger partial charge is 0.228 e. The summed E-state index contributed by atoms with van der Waals surface area (Å²) < 4.78 is 6.27. The van der Waals surface area contributed by atoms with Crippen LogP contribution < -0.4 is 5.32 Å². The molecule has 122 valence electrons. The quantitative estimate of drug-likeness (QED) is 0.578. The Morgan fingerprint density at radius 1 is 1.38 bits per heavy atom. The number of Topliss-reactive ketones (excluding diaryl/α,β-unsaturated/α-hetero) is 1. The van der Waals surface area contributed by atoms with Gasteiger partial charge in [-0.25, -0.2) is 0 Å². The predicted molar refractivity (Wildman–Crippen MR) is 84.4 cm³/mol. The molecule has 0 aromatic rings. The number of β-lactam (4-membered cyclic amide) rings is 1. The van der Waals surface area contributed by atoms with Crippen LogP contribution in [0.5, 0.6) is 0 Å². The molecule has 6 heteroatoms. The maximum absolute atomic E-state index is 11.9. The van der Waals surface area contributed by atoms with Crippen molar-refractivity contribution in [3.05, 3.63) is 0 Å². The molecule has 1 fully saturated rings. The van der Waals surface area contributed by atoms with Crippen LogP contribution in [0.3, 0.4) is 0 Å². The molecule has 1 aliphatic heterocycles. The number of rotatable bonds is 6. The third kappa shape index (κ3) is 3.73. The summed E-state index contributed by atoms with van der Waals surface area (Å²) in [5, 5.41) is 11.8. The van der Waals surface area contributed by atoms with E-state index >= 15 is 0 Å². The third-order valence-electron chi connectivity index (χ3n) is 4.99. The monoisotopic (exact) mass is 315 g/mol. The molecule has 0 aliphatic carbocycles. The molecule has 0 spiro atoms. The van der Waals surface area contributed by atoms with Crippen molar-refractivity contribution in [1.82, 2.24) is 5.32 Å². The highest BCUT2D eigenvalue weighted by Crippen LogP contribution is 2.39. The minimum atomic E-state index is -1.96. The molecule has 1 rings (SSSR count). The number of aliphatic hydroxyl groups is 1. The summed E-state index contributed by atoms with van der Waals surface area (Å²) in [6.45, 7) is 13.9. The lowest BCUT2D eigenvalue weighted by atomic mass is 9.77. The summed E-state index contributed by atoms with van der Waals surface area (Å²) in [6.07, 6.45) is -0.224. The molecule has 0 aromatic carbocycles. The lowest BCUT2D eigenvalue weighted by Crippen LogP contribution is -2.67. The minimum Gasteiger partial charge on any atom is -0.413 e.